The Morgan fingerprint density at radius 3 is 3.00 bits per heavy atom. The first-order valence-corrected chi connectivity index (χ1v) is 3.95. The summed E-state index contributed by atoms with van der Waals surface area (Å²) in [6.07, 6.45) is 1.48. The first kappa shape index (κ1) is 8.13. The van der Waals surface area contributed by atoms with Gasteiger partial charge in [0.25, 0.3) is 0 Å². The van der Waals surface area contributed by atoms with Crippen LogP contribution in [0.2, 0.25) is 0 Å². The first-order valence-electron chi connectivity index (χ1n) is 3.95. The SMILES string of the molecule is OCc1cnc2c(F)cccc2c1. The standard InChI is InChI=1S/C10H8FNO/c11-9-3-1-2-8-4-7(6-13)5-12-10(8)9/h1-5,13H,6H2. The second-order valence-electron chi connectivity index (χ2n) is 2.81. The molecule has 0 saturated heterocycles. The molecule has 0 amide bonds. The van der Waals surface area contributed by atoms with E-state index < -0.39 is 0 Å². The van der Waals surface area contributed by atoms with Crippen LogP contribution in [0.3, 0.4) is 0 Å². The number of fused-ring (bicyclic) bond motifs is 1. The predicted octanol–water partition coefficient (Wildman–Crippen LogP) is 1.87. The van der Waals surface area contributed by atoms with E-state index in [0.717, 1.165) is 0 Å². The lowest BCUT2D eigenvalue weighted by Crippen LogP contribution is -1.88. The van der Waals surface area contributed by atoms with Crippen molar-refractivity contribution in [2.45, 2.75) is 6.61 Å². The lowest BCUT2D eigenvalue weighted by molar-refractivity contribution is 0.281. The molecule has 1 heterocycles. The van der Waals surface area contributed by atoms with Crippen molar-refractivity contribution in [3.05, 3.63) is 41.8 Å². The van der Waals surface area contributed by atoms with Gasteiger partial charge in [-0.15, -0.1) is 0 Å². The van der Waals surface area contributed by atoms with Gasteiger partial charge in [0.15, 0.2) is 0 Å². The molecule has 0 bridgehead atoms. The van der Waals surface area contributed by atoms with Crippen molar-refractivity contribution in [3.8, 4) is 0 Å². The van der Waals surface area contributed by atoms with Gasteiger partial charge in [-0.2, -0.15) is 0 Å². The minimum Gasteiger partial charge on any atom is -0.392 e. The van der Waals surface area contributed by atoms with Gasteiger partial charge in [0.1, 0.15) is 11.3 Å². The second-order valence-corrected chi connectivity index (χ2v) is 2.81. The van der Waals surface area contributed by atoms with E-state index in [-0.39, 0.29) is 12.4 Å². The molecule has 0 unspecified atom stereocenters. The Bertz CT molecular complexity index is 442. The van der Waals surface area contributed by atoms with E-state index in [1.165, 1.54) is 12.3 Å². The summed E-state index contributed by atoms with van der Waals surface area (Å²) in [4.78, 5) is 3.92. The maximum Gasteiger partial charge on any atom is 0.149 e. The average Bonchev–Trinajstić information content (AvgIpc) is 2.18. The minimum absolute atomic E-state index is 0.0700. The number of aliphatic hydroxyl groups excluding tert-OH is 1. The smallest absolute Gasteiger partial charge is 0.149 e. The Morgan fingerprint density at radius 1 is 1.38 bits per heavy atom. The molecule has 0 atom stereocenters. The highest BCUT2D eigenvalue weighted by molar-refractivity contribution is 5.79. The molecule has 0 saturated carbocycles. The Kier molecular flexibility index (Phi) is 1.94. The number of aromatic nitrogens is 1. The highest BCUT2D eigenvalue weighted by Crippen LogP contribution is 2.16. The third-order valence-corrected chi connectivity index (χ3v) is 1.90. The number of pyridine rings is 1. The van der Waals surface area contributed by atoms with Crippen LogP contribution in [0.15, 0.2) is 30.5 Å². The van der Waals surface area contributed by atoms with Gasteiger partial charge in [0, 0.05) is 11.6 Å². The van der Waals surface area contributed by atoms with E-state index in [0.29, 0.717) is 16.5 Å². The lowest BCUT2D eigenvalue weighted by Gasteiger charge is -2.00. The molecule has 66 valence electrons. The summed E-state index contributed by atoms with van der Waals surface area (Å²) in [6.45, 7) is -0.0700. The van der Waals surface area contributed by atoms with Crippen LogP contribution < -0.4 is 0 Å². The summed E-state index contributed by atoms with van der Waals surface area (Å²) in [6, 6.07) is 6.49. The molecular formula is C10H8FNO. The van der Waals surface area contributed by atoms with E-state index in [1.807, 2.05) is 0 Å². The third kappa shape index (κ3) is 1.38. The topological polar surface area (TPSA) is 33.1 Å². The Balaban J connectivity index is 2.72. The molecule has 0 radical (unpaired) electrons. The number of rotatable bonds is 1. The number of hydrogen-bond donors (Lipinski definition) is 1. The van der Waals surface area contributed by atoms with E-state index in [1.54, 1.807) is 18.2 Å². The summed E-state index contributed by atoms with van der Waals surface area (Å²) in [5, 5.41) is 9.55. The fourth-order valence-electron chi connectivity index (χ4n) is 1.26. The van der Waals surface area contributed by atoms with Gasteiger partial charge >= 0.3 is 0 Å². The fourth-order valence-corrected chi connectivity index (χ4v) is 1.26. The molecule has 0 aliphatic rings. The number of benzene rings is 1. The molecule has 13 heavy (non-hydrogen) atoms. The molecule has 0 aliphatic heterocycles. The maximum absolute atomic E-state index is 13.1. The zero-order valence-electron chi connectivity index (χ0n) is 6.87. The van der Waals surface area contributed by atoms with Gasteiger partial charge in [-0.3, -0.25) is 4.98 Å². The van der Waals surface area contributed by atoms with Crippen LogP contribution in [-0.2, 0) is 6.61 Å². The summed E-state index contributed by atoms with van der Waals surface area (Å²) < 4.78 is 13.1. The normalized spacial score (nSPS) is 10.6. The zero-order chi connectivity index (χ0) is 9.26. The highest BCUT2D eigenvalue weighted by atomic mass is 19.1. The van der Waals surface area contributed by atoms with Gasteiger partial charge in [-0.05, 0) is 17.7 Å². The van der Waals surface area contributed by atoms with Crippen molar-refractivity contribution in [3.63, 3.8) is 0 Å². The Morgan fingerprint density at radius 2 is 2.23 bits per heavy atom. The van der Waals surface area contributed by atoms with E-state index >= 15 is 0 Å². The molecule has 1 aromatic carbocycles. The molecule has 0 spiro atoms. The highest BCUT2D eigenvalue weighted by Gasteiger charge is 2.01. The largest absolute Gasteiger partial charge is 0.392 e. The predicted molar refractivity (Wildman–Crippen MR) is 47.6 cm³/mol. The van der Waals surface area contributed by atoms with Crippen molar-refractivity contribution in [2.75, 3.05) is 0 Å². The van der Waals surface area contributed by atoms with Crippen LogP contribution >= 0.6 is 0 Å². The van der Waals surface area contributed by atoms with Gasteiger partial charge in [-0.25, -0.2) is 4.39 Å². The van der Waals surface area contributed by atoms with Gasteiger partial charge in [0.05, 0.1) is 6.61 Å². The molecule has 2 rings (SSSR count). The number of nitrogens with zero attached hydrogens (tertiary/aromatic N) is 1. The van der Waals surface area contributed by atoms with Crippen LogP contribution in [-0.4, -0.2) is 10.1 Å². The molecule has 0 fully saturated rings. The molecule has 2 aromatic rings. The first-order chi connectivity index (χ1) is 6.31. The maximum atomic E-state index is 13.1. The fraction of sp³-hybridized carbons (Fsp3) is 0.100. The average molecular weight is 177 g/mol. The van der Waals surface area contributed by atoms with Gasteiger partial charge in [0.2, 0.25) is 0 Å². The third-order valence-electron chi connectivity index (χ3n) is 1.90. The van der Waals surface area contributed by atoms with Crippen molar-refractivity contribution < 1.29 is 9.50 Å². The van der Waals surface area contributed by atoms with Crippen LogP contribution in [0.1, 0.15) is 5.56 Å². The zero-order valence-corrected chi connectivity index (χ0v) is 6.87. The lowest BCUT2D eigenvalue weighted by atomic mass is 10.1. The van der Waals surface area contributed by atoms with Gasteiger partial charge < -0.3 is 5.11 Å². The summed E-state index contributed by atoms with van der Waals surface area (Å²) in [7, 11) is 0. The molecule has 2 nitrogen and oxygen atoms in total. The second kappa shape index (κ2) is 3.11. The van der Waals surface area contributed by atoms with Crippen LogP contribution in [0.25, 0.3) is 10.9 Å². The van der Waals surface area contributed by atoms with Crippen molar-refractivity contribution in [1.29, 1.82) is 0 Å². The molecule has 1 aromatic heterocycles. The Hall–Kier alpha value is -1.48. The van der Waals surface area contributed by atoms with Crippen molar-refractivity contribution >= 4 is 10.9 Å². The van der Waals surface area contributed by atoms with Crippen LogP contribution in [0.4, 0.5) is 4.39 Å². The molecule has 1 N–H and O–H groups in total. The van der Waals surface area contributed by atoms with E-state index in [9.17, 15) is 4.39 Å². The molecule has 0 aliphatic carbocycles. The quantitative estimate of drug-likeness (QED) is 0.721. The number of aliphatic hydroxyl groups is 1. The monoisotopic (exact) mass is 177 g/mol. The minimum atomic E-state index is -0.331. The Labute approximate surface area is 74.7 Å². The number of hydrogen-bond acceptors (Lipinski definition) is 2. The summed E-state index contributed by atoms with van der Waals surface area (Å²) in [5.74, 6) is -0.331. The van der Waals surface area contributed by atoms with Crippen molar-refractivity contribution in [2.24, 2.45) is 0 Å². The van der Waals surface area contributed by atoms with Crippen molar-refractivity contribution in [1.82, 2.24) is 4.98 Å². The van der Waals surface area contributed by atoms with Gasteiger partial charge in [-0.1, -0.05) is 12.1 Å². The van der Waals surface area contributed by atoms with E-state index in [4.69, 9.17) is 5.11 Å². The summed E-state index contributed by atoms with van der Waals surface area (Å²) in [5.41, 5.74) is 1.04. The van der Waals surface area contributed by atoms with E-state index in [2.05, 4.69) is 4.98 Å². The number of para-hydroxylation sites is 1. The van der Waals surface area contributed by atoms with Crippen LogP contribution in [0.5, 0.6) is 0 Å². The molecular weight excluding hydrogens is 169 g/mol. The number of halogens is 1. The van der Waals surface area contributed by atoms with Crippen LogP contribution in [0, 0.1) is 5.82 Å². The molecule has 3 heteroatoms. The summed E-state index contributed by atoms with van der Waals surface area (Å²) >= 11 is 0.